The highest BCUT2D eigenvalue weighted by Gasteiger charge is 2.41. The molecule has 114 valence electrons. The number of hydrogen-bond donors (Lipinski definition) is 0. The number of nitrogens with zero attached hydrogens (tertiary/aromatic N) is 3. The standard InChI is InChI=1S/C15H21N3O3/c1-18-10-4-5-11(18)7-9(6-10)14(19)13-15(21-3)17-12(20-2)8-16-13/h8-11H,4-7H2,1-3H3. The molecule has 2 aliphatic heterocycles. The second kappa shape index (κ2) is 5.60. The van der Waals surface area contributed by atoms with Crippen LogP contribution in [0.25, 0.3) is 0 Å². The molecule has 2 fully saturated rings. The van der Waals surface area contributed by atoms with Gasteiger partial charge in [-0.15, -0.1) is 0 Å². The van der Waals surface area contributed by atoms with Gasteiger partial charge in [0, 0.05) is 18.0 Å². The van der Waals surface area contributed by atoms with Crippen molar-refractivity contribution in [3.63, 3.8) is 0 Å². The van der Waals surface area contributed by atoms with Crippen LogP contribution in [0.2, 0.25) is 0 Å². The van der Waals surface area contributed by atoms with E-state index in [1.54, 1.807) is 0 Å². The van der Waals surface area contributed by atoms with Crippen molar-refractivity contribution in [2.75, 3.05) is 21.3 Å². The second-order valence-corrected chi connectivity index (χ2v) is 5.85. The third-order valence-corrected chi connectivity index (χ3v) is 4.82. The topological polar surface area (TPSA) is 64.5 Å². The van der Waals surface area contributed by atoms with E-state index < -0.39 is 0 Å². The summed E-state index contributed by atoms with van der Waals surface area (Å²) >= 11 is 0. The lowest BCUT2D eigenvalue weighted by atomic mass is 9.86. The van der Waals surface area contributed by atoms with E-state index in [2.05, 4.69) is 21.9 Å². The maximum atomic E-state index is 12.8. The average Bonchev–Trinajstić information content (AvgIpc) is 2.75. The Labute approximate surface area is 124 Å². The monoisotopic (exact) mass is 291 g/mol. The largest absolute Gasteiger partial charge is 0.480 e. The van der Waals surface area contributed by atoms with Gasteiger partial charge in [-0.2, -0.15) is 4.98 Å². The molecule has 0 radical (unpaired) electrons. The van der Waals surface area contributed by atoms with Gasteiger partial charge in [0.1, 0.15) is 0 Å². The number of hydrogen-bond acceptors (Lipinski definition) is 6. The van der Waals surface area contributed by atoms with E-state index in [9.17, 15) is 4.79 Å². The van der Waals surface area contributed by atoms with Crippen LogP contribution in [0.5, 0.6) is 11.8 Å². The van der Waals surface area contributed by atoms with Gasteiger partial charge in [-0.05, 0) is 32.7 Å². The maximum Gasteiger partial charge on any atom is 0.246 e. The zero-order valence-electron chi connectivity index (χ0n) is 12.7. The summed E-state index contributed by atoms with van der Waals surface area (Å²) < 4.78 is 10.2. The molecule has 2 bridgehead atoms. The molecule has 0 amide bonds. The molecular formula is C15H21N3O3. The Morgan fingerprint density at radius 1 is 1.24 bits per heavy atom. The van der Waals surface area contributed by atoms with Gasteiger partial charge in [0.15, 0.2) is 11.5 Å². The molecule has 1 aromatic heterocycles. The fourth-order valence-electron chi connectivity index (χ4n) is 3.59. The molecule has 6 nitrogen and oxygen atoms in total. The van der Waals surface area contributed by atoms with Crippen LogP contribution in [0.15, 0.2) is 6.20 Å². The van der Waals surface area contributed by atoms with Crippen LogP contribution in [-0.2, 0) is 0 Å². The molecule has 3 heterocycles. The van der Waals surface area contributed by atoms with Crippen molar-refractivity contribution >= 4 is 5.78 Å². The summed E-state index contributed by atoms with van der Waals surface area (Å²) in [5, 5.41) is 0. The number of methoxy groups -OCH3 is 2. The first kappa shape index (κ1) is 14.3. The van der Waals surface area contributed by atoms with Gasteiger partial charge in [-0.25, -0.2) is 4.98 Å². The van der Waals surface area contributed by atoms with Crippen molar-refractivity contribution in [1.29, 1.82) is 0 Å². The number of ether oxygens (including phenoxy) is 2. The van der Waals surface area contributed by atoms with E-state index in [0.717, 1.165) is 12.8 Å². The van der Waals surface area contributed by atoms with E-state index in [1.807, 2.05) is 0 Å². The molecule has 0 aliphatic carbocycles. The number of fused-ring (bicyclic) bond motifs is 2. The molecule has 2 aliphatic rings. The number of carbonyl (C=O) groups excluding carboxylic acids is 1. The summed E-state index contributed by atoms with van der Waals surface area (Å²) in [6.07, 6.45) is 5.66. The molecule has 2 saturated heterocycles. The van der Waals surface area contributed by atoms with Crippen LogP contribution in [-0.4, -0.2) is 54.0 Å². The minimum Gasteiger partial charge on any atom is -0.480 e. The predicted octanol–water partition coefficient (Wildman–Crippen LogP) is 1.55. The van der Waals surface area contributed by atoms with Crippen LogP contribution < -0.4 is 9.47 Å². The Morgan fingerprint density at radius 3 is 2.48 bits per heavy atom. The molecule has 3 rings (SSSR count). The SMILES string of the molecule is COc1cnc(C(=O)C2CC3CCC(C2)N3C)c(OC)n1. The maximum absolute atomic E-state index is 12.8. The summed E-state index contributed by atoms with van der Waals surface area (Å²) in [7, 11) is 5.18. The van der Waals surface area contributed by atoms with Crippen LogP contribution in [0, 0.1) is 5.92 Å². The lowest BCUT2D eigenvalue weighted by molar-refractivity contribution is 0.0758. The first-order chi connectivity index (χ1) is 10.1. The highest BCUT2D eigenvalue weighted by molar-refractivity contribution is 5.98. The summed E-state index contributed by atoms with van der Waals surface area (Å²) in [4.78, 5) is 23.5. The summed E-state index contributed by atoms with van der Waals surface area (Å²) in [6, 6.07) is 1.05. The van der Waals surface area contributed by atoms with Crippen molar-refractivity contribution in [1.82, 2.24) is 14.9 Å². The van der Waals surface area contributed by atoms with E-state index >= 15 is 0 Å². The fourth-order valence-corrected chi connectivity index (χ4v) is 3.59. The van der Waals surface area contributed by atoms with Crippen LogP contribution in [0.4, 0.5) is 0 Å². The molecule has 0 spiro atoms. The van der Waals surface area contributed by atoms with Gasteiger partial charge in [0.2, 0.25) is 11.8 Å². The number of ketones is 1. The van der Waals surface area contributed by atoms with E-state index in [0.29, 0.717) is 23.7 Å². The molecule has 21 heavy (non-hydrogen) atoms. The van der Waals surface area contributed by atoms with Crippen molar-refractivity contribution in [3.8, 4) is 11.8 Å². The number of piperidine rings is 1. The Bertz CT molecular complexity index is 535. The summed E-state index contributed by atoms with van der Waals surface area (Å²) in [5.74, 6) is 0.680. The molecule has 2 unspecified atom stereocenters. The number of rotatable bonds is 4. The lowest BCUT2D eigenvalue weighted by Crippen LogP contribution is -2.42. The normalized spacial score (nSPS) is 28.4. The van der Waals surface area contributed by atoms with Crippen molar-refractivity contribution in [3.05, 3.63) is 11.9 Å². The molecule has 0 saturated carbocycles. The second-order valence-electron chi connectivity index (χ2n) is 5.85. The van der Waals surface area contributed by atoms with E-state index in [1.165, 1.54) is 33.3 Å². The van der Waals surface area contributed by atoms with Crippen molar-refractivity contribution in [2.45, 2.75) is 37.8 Å². The van der Waals surface area contributed by atoms with Crippen LogP contribution >= 0.6 is 0 Å². The predicted molar refractivity (Wildman–Crippen MR) is 76.8 cm³/mol. The number of aromatic nitrogens is 2. The van der Waals surface area contributed by atoms with Gasteiger partial charge < -0.3 is 14.4 Å². The highest BCUT2D eigenvalue weighted by atomic mass is 16.5. The Balaban J connectivity index is 1.82. The first-order valence-electron chi connectivity index (χ1n) is 7.35. The summed E-state index contributed by atoms with van der Waals surface area (Å²) in [6.45, 7) is 0. The Hall–Kier alpha value is -1.69. The minimum absolute atomic E-state index is 0.0234. The zero-order valence-corrected chi connectivity index (χ0v) is 12.7. The van der Waals surface area contributed by atoms with Crippen molar-refractivity contribution in [2.24, 2.45) is 5.92 Å². The number of carbonyl (C=O) groups is 1. The Morgan fingerprint density at radius 2 is 1.90 bits per heavy atom. The quantitative estimate of drug-likeness (QED) is 0.784. The summed E-state index contributed by atoms with van der Waals surface area (Å²) in [5.41, 5.74) is 0.326. The molecule has 2 atom stereocenters. The van der Waals surface area contributed by atoms with Gasteiger partial charge in [0.25, 0.3) is 0 Å². The zero-order chi connectivity index (χ0) is 15.0. The van der Waals surface area contributed by atoms with Crippen LogP contribution in [0.1, 0.15) is 36.2 Å². The minimum atomic E-state index is 0.0234. The fraction of sp³-hybridized carbons (Fsp3) is 0.667. The lowest BCUT2D eigenvalue weighted by Gasteiger charge is -2.35. The van der Waals surface area contributed by atoms with Crippen LogP contribution in [0.3, 0.4) is 0 Å². The molecule has 6 heteroatoms. The average molecular weight is 291 g/mol. The van der Waals surface area contributed by atoms with E-state index in [4.69, 9.17) is 9.47 Å². The highest BCUT2D eigenvalue weighted by Crippen LogP contribution is 2.39. The third kappa shape index (κ3) is 2.48. The van der Waals surface area contributed by atoms with E-state index in [-0.39, 0.29) is 17.6 Å². The third-order valence-electron chi connectivity index (χ3n) is 4.82. The van der Waals surface area contributed by atoms with Crippen molar-refractivity contribution < 1.29 is 14.3 Å². The Kier molecular flexibility index (Phi) is 3.80. The molecule has 0 N–H and O–H groups in total. The molecule has 1 aromatic rings. The molecule has 0 aromatic carbocycles. The number of Topliss-reactive ketones (excluding diaryl/α,β-unsaturated/α-hetero) is 1. The smallest absolute Gasteiger partial charge is 0.246 e. The van der Waals surface area contributed by atoms with Gasteiger partial charge in [0.05, 0.1) is 20.4 Å². The van der Waals surface area contributed by atoms with Gasteiger partial charge >= 0.3 is 0 Å². The molecular weight excluding hydrogens is 270 g/mol. The van der Waals surface area contributed by atoms with Gasteiger partial charge in [-0.3, -0.25) is 4.79 Å². The van der Waals surface area contributed by atoms with Gasteiger partial charge in [-0.1, -0.05) is 0 Å². The first-order valence-corrected chi connectivity index (χ1v) is 7.35.